The maximum atomic E-state index is 10.6. The van der Waals surface area contributed by atoms with Gasteiger partial charge in [-0.2, -0.15) is 0 Å². The van der Waals surface area contributed by atoms with Crippen LogP contribution in [0.1, 0.15) is 11.1 Å². The van der Waals surface area contributed by atoms with E-state index in [1.54, 1.807) is 30.3 Å². The standard InChI is InChI=1S/C17H13Cl3O4/c1-23-15-8-10(5-6-16(21)22)7-14(20)17(15)24-9-11-12(18)3-2-4-13(11)19/h2-8H,9H2,1H3,(H,21,22)/b6-5+. The summed E-state index contributed by atoms with van der Waals surface area (Å²) in [6.45, 7) is 0.110. The second-order valence-corrected chi connectivity index (χ2v) is 5.92. The highest BCUT2D eigenvalue weighted by Gasteiger charge is 2.14. The van der Waals surface area contributed by atoms with E-state index in [0.29, 0.717) is 32.7 Å². The number of ether oxygens (including phenoxy) is 2. The Bertz CT molecular complexity index is 767. The number of rotatable bonds is 6. The van der Waals surface area contributed by atoms with Gasteiger partial charge in [0, 0.05) is 21.7 Å². The molecule has 0 amide bonds. The minimum atomic E-state index is -1.06. The van der Waals surface area contributed by atoms with Crippen LogP contribution in [0.4, 0.5) is 0 Å². The highest BCUT2D eigenvalue weighted by Crippen LogP contribution is 2.38. The smallest absolute Gasteiger partial charge is 0.328 e. The van der Waals surface area contributed by atoms with E-state index >= 15 is 0 Å². The number of methoxy groups -OCH3 is 1. The fourth-order valence-electron chi connectivity index (χ4n) is 1.96. The Hall–Kier alpha value is -1.88. The molecular weight excluding hydrogens is 375 g/mol. The van der Waals surface area contributed by atoms with Crippen LogP contribution in [-0.2, 0) is 11.4 Å². The average molecular weight is 388 g/mol. The van der Waals surface area contributed by atoms with E-state index in [1.165, 1.54) is 13.2 Å². The normalized spacial score (nSPS) is 10.8. The van der Waals surface area contributed by atoms with Crippen molar-refractivity contribution in [2.24, 2.45) is 0 Å². The molecule has 24 heavy (non-hydrogen) atoms. The van der Waals surface area contributed by atoms with Crippen LogP contribution in [-0.4, -0.2) is 18.2 Å². The predicted molar refractivity (Wildman–Crippen MR) is 95.5 cm³/mol. The van der Waals surface area contributed by atoms with Gasteiger partial charge in [0.15, 0.2) is 11.5 Å². The van der Waals surface area contributed by atoms with Gasteiger partial charge in [-0.3, -0.25) is 0 Å². The van der Waals surface area contributed by atoms with Crippen molar-refractivity contribution in [2.45, 2.75) is 6.61 Å². The molecule has 0 aliphatic heterocycles. The summed E-state index contributed by atoms with van der Waals surface area (Å²) in [6.07, 6.45) is 2.42. The molecule has 0 aliphatic rings. The van der Waals surface area contributed by atoms with E-state index in [9.17, 15) is 4.79 Å². The second kappa shape index (κ2) is 8.29. The van der Waals surface area contributed by atoms with Crippen molar-refractivity contribution in [3.05, 3.63) is 62.6 Å². The fourth-order valence-corrected chi connectivity index (χ4v) is 2.74. The van der Waals surface area contributed by atoms with Crippen molar-refractivity contribution < 1.29 is 19.4 Å². The Kier molecular flexibility index (Phi) is 6.37. The lowest BCUT2D eigenvalue weighted by molar-refractivity contribution is -0.131. The highest BCUT2D eigenvalue weighted by molar-refractivity contribution is 6.36. The summed E-state index contributed by atoms with van der Waals surface area (Å²) >= 11 is 18.4. The number of carbonyl (C=O) groups is 1. The van der Waals surface area contributed by atoms with Gasteiger partial charge in [-0.15, -0.1) is 0 Å². The van der Waals surface area contributed by atoms with Gasteiger partial charge in [0.1, 0.15) is 6.61 Å². The molecule has 126 valence electrons. The summed E-state index contributed by atoms with van der Waals surface area (Å²) < 4.78 is 11.0. The molecule has 2 aromatic carbocycles. The number of halogens is 3. The molecule has 0 heterocycles. The molecule has 1 N–H and O–H groups in total. The number of hydrogen-bond donors (Lipinski definition) is 1. The summed E-state index contributed by atoms with van der Waals surface area (Å²) in [6, 6.07) is 8.36. The Morgan fingerprint density at radius 2 is 1.83 bits per heavy atom. The number of carboxylic acid groups (broad SMARTS) is 1. The second-order valence-electron chi connectivity index (χ2n) is 4.69. The first-order chi connectivity index (χ1) is 11.4. The number of benzene rings is 2. The fraction of sp³-hybridized carbons (Fsp3) is 0.118. The van der Waals surface area contributed by atoms with Crippen molar-refractivity contribution in [1.82, 2.24) is 0 Å². The molecule has 0 unspecified atom stereocenters. The molecule has 0 fully saturated rings. The lowest BCUT2D eigenvalue weighted by atomic mass is 10.2. The maximum absolute atomic E-state index is 10.6. The minimum absolute atomic E-state index is 0.110. The molecule has 0 saturated heterocycles. The van der Waals surface area contributed by atoms with E-state index in [0.717, 1.165) is 6.08 Å². The topological polar surface area (TPSA) is 55.8 Å². The summed E-state index contributed by atoms with van der Waals surface area (Å²) in [5, 5.41) is 9.94. The monoisotopic (exact) mass is 386 g/mol. The molecular formula is C17H13Cl3O4. The first-order valence-corrected chi connectivity index (χ1v) is 7.90. The van der Waals surface area contributed by atoms with Gasteiger partial charge in [0.2, 0.25) is 0 Å². The molecule has 0 aromatic heterocycles. The molecule has 4 nitrogen and oxygen atoms in total. The van der Waals surface area contributed by atoms with Gasteiger partial charge in [0.25, 0.3) is 0 Å². The van der Waals surface area contributed by atoms with Crippen LogP contribution < -0.4 is 9.47 Å². The maximum Gasteiger partial charge on any atom is 0.328 e. The van der Waals surface area contributed by atoms with Crippen LogP contribution in [0.15, 0.2) is 36.4 Å². The zero-order valence-corrected chi connectivity index (χ0v) is 14.8. The molecule has 2 rings (SSSR count). The van der Waals surface area contributed by atoms with Gasteiger partial charge < -0.3 is 14.6 Å². The van der Waals surface area contributed by atoms with E-state index in [1.807, 2.05) is 0 Å². The van der Waals surface area contributed by atoms with Crippen molar-refractivity contribution in [2.75, 3.05) is 7.11 Å². The Morgan fingerprint density at radius 3 is 2.42 bits per heavy atom. The van der Waals surface area contributed by atoms with Gasteiger partial charge in [0.05, 0.1) is 12.1 Å². The summed E-state index contributed by atoms with van der Waals surface area (Å²) in [4.78, 5) is 10.6. The number of aliphatic carboxylic acids is 1. The van der Waals surface area contributed by atoms with Crippen LogP contribution in [0, 0.1) is 0 Å². The van der Waals surface area contributed by atoms with Crippen LogP contribution in [0.5, 0.6) is 11.5 Å². The molecule has 7 heteroatoms. The lowest BCUT2D eigenvalue weighted by Crippen LogP contribution is -2.00. The number of hydrogen-bond acceptors (Lipinski definition) is 3. The largest absolute Gasteiger partial charge is 0.493 e. The molecule has 0 atom stereocenters. The number of carboxylic acids is 1. The van der Waals surface area contributed by atoms with Gasteiger partial charge >= 0.3 is 5.97 Å². The van der Waals surface area contributed by atoms with E-state index in [2.05, 4.69) is 0 Å². The van der Waals surface area contributed by atoms with Crippen molar-refractivity contribution in [1.29, 1.82) is 0 Å². The molecule has 0 aliphatic carbocycles. The minimum Gasteiger partial charge on any atom is -0.493 e. The Morgan fingerprint density at radius 1 is 1.17 bits per heavy atom. The Balaban J connectivity index is 2.28. The first-order valence-electron chi connectivity index (χ1n) is 6.76. The molecule has 0 saturated carbocycles. The quantitative estimate of drug-likeness (QED) is 0.680. The zero-order chi connectivity index (χ0) is 17.7. The predicted octanol–water partition coefficient (Wildman–Crippen LogP) is 5.33. The van der Waals surface area contributed by atoms with Crippen LogP contribution in [0.25, 0.3) is 6.08 Å². The average Bonchev–Trinajstić information content (AvgIpc) is 2.53. The summed E-state index contributed by atoms with van der Waals surface area (Å²) in [5.41, 5.74) is 1.20. The van der Waals surface area contributed by atoms with Gasteiger partial charge in [-0.25, -0.2) is 4.79 Å². The Labute approximate surface area is 154 Å². The van der Waals surface area contributed by atoms with Crippen LogP contribution in [0.2, 0.25) is 15.1 Å². The molecule has 0 bridgehead atoms. The summed E-state index contributed by atoms with van der Waals surface area (Å²) in [5.74, 6) is -0.364. The highest BCUT2D eigenvalue weighted by atomic mass is 35.5. The third-order valence-electron chi connectivity index (χ3n) is 3.09. The first kappa shape index (κ1) is 18.5. The van der Waals surface area contributed by atoms with E-state index in [-0.39, 0.29) is 11.6 Å². The molecule has 0 radical (unpaired) electrons. The van der Waals surface area contributed by atoms with Crippen LogP contribution >= 0.6 is 34.8 Å². The van der Waals surface area contributed by atoms with E-state index in [4.69, 9.17) is 49.4 Å². The third kappa shape index (κ3) is 4.57. The van der Waals surface area contributed by atoms with Crippen LogP contribution in [0.3, 0.4) is 0 Å². The molecule has 0 spiro atoms. The third-order valence-corrected chi connectivity index (χ3v) is 4.08. The SMILES string of the molecule is COc1cc(/C=C/C(=O)O)cc(Cl)c1OCc1c(Cl)cccc1Cl. The van der Waals surface area contributed by atoms with Crippen molar-refractivity contribution in [3.63, 3.8) is 0 Å². The van der Waals surface area contributed by atoms with Gasteiger partial charge in [-0.05, 0) is 35.9 Å². The van der Waals surface area contributed by atoms with Crippen molar-refractivity contribution >= 4 is 46.8 Å². The lowest BCUT2D eigenvalue weighted by Gasteiger charge is -2.14. The van der Waals surface area contributed by atoms with E-state index < -0.39 is 5.97 Å². The summed E-state index contributed by atoms with van der Waals surface area (Å²) in [7, 11) is 1.46. The molecule has 2 aromatic rings. The van der Waals surface area contributed by atoms with Gasteiger partial charge in [-0.1, -0.05) is 40.9 Å². The zero-order valence-electron chi connectivity index (χ0n) is 12.6. The van der Waals surface area contributed by atoms with Crippen molar-refractivity contribution in [3.8, 4) is 11.5 Å².